The Bertz CT molecular complexity index is 511. The molecule has 6 heteroatoms. The standard InChI is InChI=1S/C12H14N4O2/c1-2-13-12(17)11-7-9(3-5-14-11)15-8-10-4-6-18-16-10/h3-7H,2,8H2,1H3,(H,13,17)(H,14,15). The molecule has 94 valence electrons. The summed E-state index contributed by atoms with van der Waals surface area (Å²) >= 11 is 0. The molecule has 0 unspecified atom stereocenters. The second-order valence-electron chi connectivity index (χ2n) is 3.63. The fourth-order valence-electron chi connectivity index (χ4n) is 1.44. The predicted molar refractivity (Wildman–Crippen MR) is 66.1 cm³/mol. The maximum Gasteiger partial charge on any atom is 0.269 e. The molecule has 6 nitrogen and oxygen atoms in total. The van der Waals surface area contributed by atoms with Crippen molar-refractivity contribution in [2.45, 2.75) is 13.5 Å². The molecule has 18 heavy (non-hydrogen) atoms. The van der Waals surface area contributed by atoms with E-state index in [0.29, 0.717) is 18.8 Å². The predicted octanol–water partition coefficient (Wildman–Crippen LogP) is 1.43. The number of carbonyl (C=O) groups excluding carboxylic acids is 1. The Morgan fingerprint density at radius 3 is 3.06 bits per heavy atom. The molecule has 0 saturated heterocycles. The molecule has 2 heterocycles. The van der Waals surface area contributed by atoms with E-state index >= 15 is 0 Å². The first-order chi connectivity index (χ1) is 8.79. The van der Waals surface area contributed by atoms with Crippen LogP contribution in [0.5, 0.6) is 0 Å². The van der Waals surface area contributed by atoms with Crippen molar-refractivity contribution in [2.24, 2.45) is 0 Å². The van der Waals surface area contributed by atoms with Crippen LogP contribution in [0.25, 0.3) is 0 Å². The second-order valence-corrected chi connectivity index (χ2v) is 3.63. The zero-order valence-corrected chi connectivity index (χ0v) is 10.0. The number of carbonyl (C=O) groups is 1. The topological polar surface area (TPSA) is 80.0 Å². The minimum atomic E-state index is -0.178. The summed E-state index contributed by atoms with van der Waals surface area (Å²) in [4.78, 5) is 15.6. The van der Waals surface area contributed by atoms with Crippen LogP contribution in [-0.4, -0.2) is 22.6 Å². The van der Waals surface area contributed by atoms with Gasteiger partial charge in [-0.3, -0.25) is 9.78 Å². The molecule has 0 aromatic carbocycles. The Hall–Kier alpha value is -2.37. The van der Waals surface area contributed by atoms with E-state index in [4.69, 9.17) is 4.52 Å². The lowest BCUT2D eigenvalue weighted by Gasteiger charge is -2.06. The lowest BCUT2D eigenvalue weighted by Crippen LogP contribution is -2.23. The highest BCUT2D eigenvalue weighted by atomic mass is 16.5. The van der Waals surface area contributed by atoms with Crippen molar-refractivity contribution in [2.75, 3.05) is 11.9 Å². The lowest BCUT2D eigenvalue weighted by atomic mass is 10.3. The van der Waals surface area contributed by atoms with E-state index in [2.05, 4.69) is 20.8 Å². The molecular weight excluding hydrogens is 232 g/mol. The fraction of sp³-hybridized carbons (Fsp3) is 0.250. The number of nitrogens with zero attached hydrogens (tertiary/aromatic N) is 2. The highest BCUT2D eigenvalue weighted by Crippen LogP contribution is 2.09. The smallest absolute Gasteiger partial charge is 0.269 e. The van der Waals surface area contributed by atoms with Crippen molar-refractivity contribution in [3.8, 4) is 0 Å². The van der Waals surface area contributed by atoms with E-state index in [1.807, 2.05) is 6.92 Å². The minimum absolute atomic E-state index is 0.178. The van der Waals surface area contributed by atoms with E-state index in [1.54, 1.807) is 24.4 Å². The molecule has 0 aliphatic heterocycles. The summed E-state index contributed by atoms with van der Waals surface area (Å²) in [5.74, 6) is -0.178. The highest BCUT2D eigenvalue weighted by Gasteiger charge is 2.06. The third-order valence-corrected chi connectivity index (χ3v) is 2.29. The van der Waals surface area contributed by atoms with E-state index < -0.39 is 0 Å². The third-order valence-electron chi connectivity index (χ3n) is 2.29. The number of nitrogens with one attached hydrogen (secondary N) is 2. The Morgan fingerprint density at radius 1 is 1.44 bits per heavy atom. The molecule has 0 spiro atoms. The van der Waals surface area contributed by atoms with Gasteiger partial charge in [-0.15, -0.1) is 0 Å². The van der Waals surface area contributed by atoms with Gasteiger partial charge in [-0.2, -0.15) is 0 Å². The molecule has 0 radical (unpaired) electrons. The third kappa shape index (κ3) is 3.07. The number of hydrogen-bond acceptors (Lipinski definition) is 5. The molecule has 0 aliphatic carbocycles. The number of aromatic nitrogens is 2. The molecule has 2 aromatic rings. The van der Waals surface area contributed by atoms with Crippen LogP contribution in [-0.2, 0) is 6.54 Å². The molecule has 2 aromatic heterocycles. The lowest BCUT2D eigenvalue weighted by molar-refractivity contribution is 0.0951. The van der Waals surface area contributed by atoms with Crippen LogP contribution in [0, 0.1) is 0 Å². The van der Waals surface area contributed by atoms with Crippen molar-refractivity contribution in [1.82, 2.24) is 15.5 Å². The average Bonchev–Trinajstić information content (AvgIpc) is 2.90. The average molecular weight is 246 g/mol. The van der Waals surface area contributed by atoms with E-state index in [0.717, 1.165) is 11.4 Å². The van der Waals surface area contributed by atoms with Crippen LogP contribution >= 0.6 is 0 Å². The number of hydrogen-bond donors (Lipinski definition) is 2. The Balaban J connectivity index is 2.01. The number of anilines is 1. The van der Waals surface area contributed by atoms with Gasteiger partial charge in [-0.1, -0.05) is 5.16 Å². The fourth-order valence-corrected chi connectivity index (χ4v) is 1.44. The van der Waals surface area contributed by atoms with E-state index in [9.17, 15) is 4.79 Å². The van der Waals surface area contributed by atoms with Gasteiger partial charge in [0.25, 0.3) is 5.91 Å². The quantitative estimate of drug-likeness (QED) is 0.834. The van der Waals surface area contributed by atoms with E-state index in [-0.39, 0.29) is 5.91 Å². The minimum Gasteiger partial charge on any atom is -0.379 e. The van der Waals surface area contributed by atoms with Crippen molar-refractivity contribution in [1.29, 1.82) is 0 Å². The summed E-state index contributed by atoms with van der Waals surface area (Å²) in [6, 6.07) is 5.27. The molecule has 0 atom stereocenters. The first-order valence-corrected chi connectivity index (χ1v) is 5.67. The molecule has 2 rings (SSSR count). The molecular formula is C12H14N4O2. The van der Waals surface area contributed by atoms with Gasteiger partial charge in [-0.05, 0) is 19.1 Å². The van der Waals surface area contributed by atoms with Gasteiger partial charge >= 0.3 is 0 Å². The molecule has 0 fully saturated rings. The Morgan fingerprint density at radius 2 is 2.33 bits per heavy atom. The maximum absolute atomic E-state index is 11.6. The van der Waals surface area contributed by atoms with Crippen LogP contribution in [0.2, 0.25) is 0 Å². The zero-order chi connectivity index (χ0) is 12.8. The van der Waals surface area contributed by atoms with Crippen molar-refractivity contribution in [3.63, 3.8) is 0 Å². The Labute approximate surface area is 104 Å². The van der Waals surface area contributed by atoms with Crippen LogP contribution in [0.4, 0.5) is 5.69 Å². The maximum atomic E-state index is 11.6. The molecule has 0 bridgehead atoms. The summed E-state index contributed by atoms with van der Waals surface area (Å²) < 4.78 is 4.73. The molecule has 0 aliphatic rings. The van der Waals surface area contributed by atoms with Crippen molar-refractivity contribution < 1.29 is 9.32 Å². The van der Waals surface area contributed by atoms with Crippen LogP contribution in [0.1, 0.15) is 23.1 Å². The monoisotopic (exact) mass is 246 g/mol. The van der Waals surface area contributed by atoms with Crippen molar-refractivity contribution in [3.05, 3.63) is 42.0 Å². The van der Waals surface area contributed by atoms with Crippen LogP contribution in [0.3, 0.4) is 0 Å². The van der Waals surface area contributed by atoms with Crippen molar-refractivity contribution >= 4 is 11.6 Å². The summed E-state index contributed by atoms with van der Waals surface area (Å²) in [6.07, 6.45) is 3.11. The normalized spacial score (nSPS) is 10.1. The largest absolute Gasteiger partial charge is 0.379 e. The number of rotatable bonds is 5. The highest BCUT2D eigenvalue weighted by molar-refractivity contribution is 5.93. The van der Waals surface area contributed by atoms with Gasteiger partial charge in [-0.25, -0.2) is 0 Å². The molecule has 0 saturated carbocycles. The first-order valence-electron chi connectivity index (χ1n) is 5.67. The second kappa shape index (κ2) is 5.81. The van der Waals surface area contributed by atoms with Gasteiger partial charge in [0.1, 0.15) is 17.7 Å². The number of amides is 1. The van der Waals surface area contributed by atoms with Gasteiger partial charge < -0.3 is 15.2 Å². The van der Waals surface area contributed by atoms with Crippen LogP contribution < -0.4 is 10.6 Å². The van der Waals surface area contributed by atoms with Crippen LogP contribution in [0.15, 0.2) is 35.2 Å². The summed E-state index contributed by atoms with van der Waals surface area (Å²) in [5.41, 5.74) is 2.00. The number of pyridine rings is 1. The molecule has 1 amide bonds. The zero-order valence-electron chi connectivity index (χ0n) is 10.0. The first kappa shape index (κ1) is 12.1. The molecule has 2 N–H and O–H groups in total. The van der Waals surface area contributed by atoms with Gasteiger partial charge in [0.05, 0.1) is 6.54 Å². The Kier molecular flexibility index (Phi) is 3.90. The summed E-state index contributed by atoms with van der Waals surface area (Å²) in [6.45, 7) is 2.98. The SMILES string of the molecule is CCNC(=O)c1cc(NCc2ccon2)ccn1. The van der Waals surface area contributed by atoms with E-state index in [1.165, 1.54) is 6.26 Å². The van der Waals surface area contributed by atoms with Gasteiger partial charge in [0.15, 0.2) is 0 Å². The summed E-state index contributed by atoms with van der Waals surface area (Å²) in [7, 11) is 0. The summed E-state index contributed by atoms with van der Waals surface area (Å²) in [5, 5.41) is 9.63. The van der Waals surface area contributed by atoms with Gasteiger partial charge in [0, 0.05) is 24.5 Å². The van der Waals surface area contributed by atoms with Gasteiger partial charge in [0.2, 0.25) is 0 Å².